The summed E-state index contributed by atoms with van der Waals surface area (Å²) < 4.78 is 64.6. The van der Waals surface area contributed by atoms with Gasteiger partial charge < -0.3 is 5.11 Å². The first-order valence-corrected chi connectivity index (χ1v) is 8.45. The van der Waals surface area contributed by atoms with E-state index < -0.39 is 43.4 Å². The Bertz CT molecular complexity index is 667. The second kappa shape index (κ2) is 4.71. The Hall–Kier alpha value is -1.08. The van der Waals surface area contributed by atoms with Crippen LogP contribution in [-0.4, -0.2) is 24.0 Å². The van der Waals surface area contributed by atoms with Crippen LogP contribution in [0, 0.1) is 17.5 Å². The van der Waals surface area contributed by atoms with E-state index in [2.05, 4.69) is 0 Å². The fourth-order valence-corrected chi connectivity index (χ4v) is 6.10. The predicted molar refractivity (Wildman–Crippen MR) is 69.8 cm³/mol. The van der Waals surface area contributed by atoms with Gasteiger partial charge in [-0.25, -0.2) is 21.6 Å². The summed E-state index contributed by atoms with van der Waals surface area (Å²) in [5, 5.41) is 9.19. The molecule has 7 heteroatoms. The van der Waals surface area contributed by atoms with Crippen LogP contribution in [0.1, 0.15) is 37.7 Å². The maximum absolute atomic E-state index is 13.9. The van der Waals surface area contributed by atoms with Crippen molar-refractivity contribution >= 4 is 9.84 Å². The van der Waals surface area contributed by atoms with Crippen molar-refractivity contribution in [3.8, 4) is 0 Å². The molecular formula is C14H15F3O3S. The minimum Gasteiger partial charge on any atom is -0.385 e. The molecule has 2 heterocycles. The summed E-state index contributed by atoms with van der Waals surface area (Å²) in [7, 11) is -3.33. The summed E-state index contributed by atoms with van der Waals surface area (Å²) >= 11 is 0. The minimum absolute atomic E-state index is 0.173. The Labute approximate surface area is 120 Å². The number of benzene rings is 1. The zero-order valence-corrected chi connectivity index (χ0v) is 12.0. The van der Waals surface area contributed by atoms with Gasteiger partial charge in [0.05, 0.1) is 16.1 Å². The monoisotopic (exact) mass is 320 g/mol. The van der Waals surface area contributed by atoms with Crippen molar-refractivity contribution in [1.82, 2.24) is 0 Å². The van der Waals surface area contributed by atoms with E-state index in [9.17, 15) is 26.7 Å². The molecule has 3 nitrogen and oxygen atoms in total. The molecule has 0 amide bonds. The van der Waals surface area contributed by atoms with E-state index in [1.54, 1.807) is 0 Å². The van der Waals surface area contributed by atoms with Crippen molar-refractivity contribution in [3.05, 3.63) is 35.1 Å². The molecule has 116 valence electrons. The molecule has 21 heavy (non-hydrogen) atoms. The van der Waals surface area contributed by atoms with E-state index in [-0.39, 0.29) is 18.4 Å². The van der Waals surface area contributed by atoms with Crippen LogP contribution in [0.15, 0.2) is 12.1 Å². The van der Waals surface area contributed by atoms with Gasteiger partial charge >= 0.3 is 0 Å². The van der Waals surface area contributed by atoms with Crippen LogP contribution >= 0.6 is 0 Å². The van der Waals surface area contributed by atoms with E-state index in [0.29, 0.717) is 25.0 Å². The topological polar surface area (TPSA) is 54.4 Å². The highest BCUT2D eigenvalue weighted by Gasteiger charge is 2.51. The minimum atomic E-state index is -3.33. The molecule has 2 fully saturated rings. The van der Waals surface area contributed by atoms with Crippen molar-refractivity contribution in [2.75, 3.05) is 0 Å². The average molecular weight is 320 g/mol. The Kier molecular flexibility index (Phi) is 3.33. The van der Waals surface area contributed by atoms with Crippen LogP contribution in [0.25, 0.3) is 0 Å². The highest BCUT2D eigenvalue weighted by atomic mass is 32.2. The second-order valence-electron chi connectivity index (χ2n) is 5.95. The largest absolute Gasteiger partial charge is 0.385 e. The van der Waals surface area contributed by atoms with Gasteiger partial charge in [0.2, 0.25) is 0 Å². The lowest BCUT2D eigenvalue weighted by molar-refractivity contribution is 0.00144. The van der Waals surface area contributed by atoms with E-state index in [1.165, 1.54) is 0 Å². The summed E-state index contributed by atoms with van der Waals surface area (Å²) in [4.78, 5) is 0. The highest BCUT2D eigenvalue weighted by Crippen LogP contribution is 2.46. The van der Waals surface area contributed by atoms with Gasteiger partial charge in [-0.15, -0.1) is 0 Å². The standard InChI is InChI=1S/C14H15F3O3S/c15-11-5-13(17)12(16)4-10(11)14(18)6-8-2-1-3-9(7-14)21(8,19)20/h4-5,8-9,18H,1-3,6-7H2. The Morgan fingerprint density at radius 1 is 1.00 bits per heavy atom. The summed E-state index contributed by atoms with van der Waals surface area (Å²) in [5.41, 5.74) is -2.12. The molecule has 2 saturated heterocycles. The van der Waals surface area contributed by atoms with Crippen LogP contribution in [-0.2, 0) is 15.4 Å². The number of rotatable bonds is 1. The highest BCUT2D eigenvalue weighted by molar-refractivity contribution is 7.92. The van der Waals surface area contributed by atoms with Gasteiger partial charge in [-0.1, -0.05) is 6.42 Å². The third-order valence-corrected chi connectivity index (χ3v) is 7.29. The number of sulfone groups is 1. The predicted octanol–water partition coefficient (Wildman–Crippen LogP) is 2.42. The molecule has 0 aliphatic carbocycles. The van der Waals surface area contributed by atoms with Crippen molar-refractivity contribution in [2.24, 2.45) is 0 Å². The third-order valence-electron chi connectivity index (χ3n) is 4.62. The Morgan fingerprint density at radius 3 is 2.10 bits per heavy atom. The number of aliphatic hydroxyl groups is 1. The second-order valence-corrected chi connectivity index (χ2v) is 8.46. The first-order chi connectivity index (χ1) is 9.74. The van der Waals surface area contributed by atoms with Crippen LogP contribution in [0.3, 0.4) is 0 Å². The van der Waals surface area contributed by atoms with Crippen LogP contribution in [0.2, 0.25) is 0 Å². The Morgan fingerprint density at radius 2 is 1.52 bits per heavy atom. The van der Waals surface area contributed by atoms with Crippen LogP contribution in [0.5, 0.6) is 0 Å². The lowest BCUT2D eigenvalue weighted by Crippen LogP contribution is -2.50. The number of fused-ring (bicyclic) bond motifs is 2. The lowest BCUT2D eigenvalue weighted by Gasteiger charge is -2.44. The summed E-state index contributed by atoms with van der Waals surface area (Å²) in [6.45, 7) is 0. The van der Waals surface area contributed by atoms with E-state index in [0.717, 1.165) is 6.42 Å². The van der Waals surface area contributed by atoms with Gasteiger partial charge in [-0.3, -0.25) is 0 Å². The van der Waals surface area contributed by atoms with Gasteiger partial charge in [-0.05, 0) is 31.7 Å². The molecular weight excluding hydrogens is 305 g/mol. The van der Waals surface area contributed by atoms with Crippen molar-refractivity contribution < 1.29 is 26.7 Å². The van der Waals surface area contributed by atoms with E-state index in [4.69, 9.17) is 0 Å². The number of halogens is 3. The first-order valence-electron chi connectivity index (χ1n) is 6.84. The maximum Gasteiger partial charge on any atom is 0.161 e. The summed E-state index contributed by atoms with van der Waals surface area (Å²) in [5.74, 6) is -3.63. The lowest BCUT2D eigenvalue weighted by atomic mass is 9.80. The van der Waals surface area contributed by atoms with Gasteiger partial charge in [0.15, 0.2) is 21.5 Å². The van der Waals surface area contributed by atoms with Gasteiger partial charge in [0.25, 0.3) is 0 Å². The molecule has 1 aromatic carbocycles. The third kappa shape index (κ3) is 2.26. The molecule has 2 atom stereocenters. The zero-order valence-electron chi connectivity index (χ0n) is 11.2. The molecule has 0 aromatic heterocycles. The molecule has 0 spiro atoms. The molecule has 2 aliphatic rings. The molecule has 2 unspecified atom stereocenters. The van der Waals surface area contributed by atoms with Crippen molar-refractivity contribution in [1.29, 1.82) is 0 Å². The Balaban J connectivity index is 2.05. The summed E-state index contributed by atoms with van der Waals surface area (Å²) in [6.07, 6.45) is 1.21. The van der Waals surface area contributed by atoms with Crippen molar-refractivity contribution in [2.45, 2.75) is 48.2 Å². The van der Waals surface area contributed by atoms with E-state index in [1.807, 2.05) is 0 Å². The summed E-state index contributed by atoms with van der Waals surface area (Å²) in [6, 6.07) is 1.03. The molecule has 1 aromatic rings. The fraction of sp³-hybridized carbons (Fsp3) is 0.571. The first kappa shape index (κ1) is 14.8. The molecule has 0 radical (unpaired) electrons. The molecule has 2 aliphatic heterocycles. The smallest absolute Gasteiger partial charge is 0.161 e. The van der Waals surface area contributed by atoms with E-state index >= 15 is 0 Å². The fourth-order valence-electron chi connectivity index (χ4n) is 3.55. The molecule has 0 saturated carbocycles. The zero-order chi connectivity index (χ0) is 15.4. The maximum atomic E-state index is 13.9. The number of hydrogen-bond acceptors (Lipinski definition) is 3. The van der Waals surface area contributed by atoms with Crippen LogP contribution < -0.4 is 0 Å². The molecule has 2 bridgehead atoms. The SMILES string of the molecule is O=S1(=O)C2CCCC1CC(O)(c1cc(F)c(F)cc1F)C2. The quantitative estimate of drug-likeness (QED) is 0.809. The molecule has 3 rings (SSSR count). The van der Waals surface area contributed by atoms with Gasteiger partial charge in [0.1, 0.15) is 5.82 Å². The average Bonchev–Trinajstić information content (AvgIpc) is 2.36. The molecule has 1 N–H and O–H groups in total. The van der Waals surface area contributed by atoms with Crippen LogP contribution in [0.4, 0.5) is 13.2 Å². The van der Waals surface area contributed by atoms with Crippen molar-refractivity contribution in [3.63, 3.8) is 0 Å². The normalized spacial score (nSPS) is 34.7. The van der Waals surface area contributed by atoms with Gasteiger partial charge in [0, 0.05) is 11.6 Å². The number of hydrogen-bond donors (Lipinski definition) is 1. The van der Waals surface area contributed by atoms with Gasteiger partial charge in [-0.2, -0.15) is 0 Å².